The monoisotopic (exact) mass is 340 g/mol. The van der Waals surface area contributed by atoms with Crippen LogP contribution in [-0.2, 0) is 9.84 Å². The SMILES string of the molecule is O=[N+]([O-])/C(=C\Nc1ccc(F)cc1F)S(=O)(=O)c1ccccc1. The molecule has 0 aromatic heterocycles. The maximum absolute atomic E-state index is 13.5. The lowest BCUT2D eigenvalue weighted by Crippen LogP contribution is -2.14. The fourth-order valence-corrected chi connectivity index (χ4v) is 2.86. The van der Waals surface area contributed by atoms with E-state index in [1.165, 1.54) is 24.3 Å². The molecule has 2 rings (SSSR count). The van der Waals surface area contributed by atoms with Crippen molar-refractivity contribution in [3.05, 3.63) is 81.5 Å². The summed E-state index contributed by atoms with van der Waals surface area (Å²) in [7, 11) is -4.39. The third-order valence-corrected chi connectivity index (χ3v) is 4.50. The maximum atomic E-state index is 13.5. The van der Waals surface area contributed by atoms with E-state index in [1.54, 1.807) is 6.07 Å². The number of halogens is 2. The molecule has 2 aromatic carbocycles. The van der Waals surface area contributed by atoms with Crippen molar-refractivity contribution in [2.75, 3.05) is 5.32 Å². The van der Waals surface area contributed by atoms with Crippen LogP contribution in [0.1, 0.15) is 0 Å². The van der Waals surface area contributed by atoms with Crippen LogP contribution in [0.2, 0.25) is 0 Å². The molecule has 0 spiro atoms. The molecule has 0 unspecified atom stereocenters. The van der Waals surface area contributed by atoms with Crippen LogP contribution in [0, 0.1) is 21.7 Å². The molecule has 6 nitrogen and oxygen atoms in total. The lowest BCUT2D eigenvalue weighted by Gasteiger charge is -2.05. The van der Waals surface area contributed by atoms with Crippen molar-refractivity contribution in [3.63, 3.8) is 0 Å². The molecule has 0 amide bonds. The normalized spacial score (nSPS) is 12.0. The number of hydrogen-bond acceptors (Lipinski definition) is 5. The molecule has 9 heteroatoms. The Morgan fingerprint density at radius 1 is 1.13 bits per heavy atom. The molecule has 0 aliphatic heterocycles. The van der Waals surface area contributed by atoms with Crippen molar-refractivity contribution < 1.29 is 22.1 Å². The largest absolute Gasteiger partial charge is 0.379 e. The Bertz CT molecular complexity index is 868. The van der Waals surface area contributed by atoms with E-state index in [0.717, 1.165) is 12.1 Å². The third-order valence-electron chi connectivity index (χ3n) is 2.79. The lowest BCUT2D eigenvalue weighted by molar-refractivity contribution is -0.411. The van der Waals surface area contributed by atoms with Crippen LogP contribution in [0.5, 0.6) is 0 Å². The number of hydrogen-bond donors (Lipinski definition) is 1. The lowest BCUT2D eigenvalue weighted by atomic mass is 10.3. The van der Waals surface area contributed by atoms with E-state index in [2.05, 4.69) is 5.32 Å². The first-order valence-corrected chi connectivity index (χ1v) is 7.67. The van der Waals surface area contributed by atoms with Gasteiger partial charge in [-0.1, -0.05) is 18.2 Å². The zero-order chi connectivity index (χ0) is 17.0. The van der Waals surface area contributed by atoms with Gasteiger partial charge in [0.15, 0.2) is 0 Å². The van der Waals surface area contributed by atoms with Crippen LogP contribution in [-0.4, -0.2) is 13.3 Å². The number of rotatable bonds is 5. The summed E-state index contributed by atoms with van der Waals surface area (Å²) in [5.41, 5.74) is -0.297. The Hall–Kier alpha value is -2.81. The highest BCUT2D eigenvalue weighted by Gasteiger charge is 2.31. The highest BCUT2D eigenvalue weighted by atomic mass is 32.2. The summed E-state index contributed by atoms with van der Waals surface area (Å²) in [6, 6.07) is 9.27. The van der Waals surface area contributed by atoms with E-state index in [9.17, 15) is 27.3 Å². The van der Waals surface area contributed by atoms with Crippen molar-refractivity contribution in [3.8, 4) is 0 Å². The number of nitrogens with zero attached hydrogens (tertiary/aromatic N) is 1. The molecule has 120 valence electrons. The molecule has 0 radical (unpaired) electrons. The topological polar surface area (TPSA) is 89.3 Å². The minimum Gasteiger partial charge on any atom is -0.353 e. The molecule has 0 aliphatic carbocycles. The van der Waals surface area contributed by atoms with Crippen molar-refractivity contribution >= 4 is 15.5 Å². The van der Waals surface area contributed by atoms with Gasteiger partial charge in [0.1, 0.15) is 11.6 Å². The number of benzene rings is 2. The molecule has 23 heavy (non-hydrogen) atoms. The van der Waals surface area contributed by atoms with Gasteiger partial charge < -0.3 is 5.32 Å². The number of nitro groups is 1. The molecule has 0 atom stereocenters. The van der Waals surface area contributed by atoms with Crippen LogP contribution in [0.3, 0.4) is 0 Å². The number of anilines is 1. The second-order valence-electron chi connectivity index (χ2n) is 4.32. The summed E-state index contributed by atoms with van der Waals surface area (Å²) in [6.07, 6.45) is 0.554. The van der Waals surface area contributed by atoms with Crippen molar-refractivity contribution in [2.24, 2.45) is 0 Å². The second-order valence-corrected chi connectivity index (χ2v) is 6.22. The van der Waals surface area contributed by atoms with E-state index in [4.69, 9.17) is 0 Å². The predicted octanol–water partition coefficient (Wildman–Crippen LogP) is 2.93. The van der Waals surface area contributed by atoms with Gasteiger partial charge in [-0.25, -0.2) is 17.2 Å². The smallest absolute Gasteiger partial charge is 0.353 e. The van der Waals surface area contributed by atoms with Gasteiger partial charge in [0.2, 0.25) is 0 Å². The van der Waals surface area contributed by atoms with Crippen molar-refractivity contribution in [1.29, 1.82) is 0 Å². The standard InChI is InChI=1S/C14H10F2N2O4S/c15-10-6-7-13(12(16)8-10)17-9-14(18(19)20)23(21,22)11-4-2-1-3-5-11/h1-9,17H/b14-9+. The van der Waals surface area contributed by atoms with Crippen LogP contribution in [0.4, 0.5) is 14.5 Å². The Morgan fingerprint density at radius 2 is 1.78 bits per heavy atom. The number of sulfone groups is 1. The average molecular weight is 340 g/mol. The van der Waals surface area contributed by atoms with Gasteiger partial charge in [0.05, 0.1) is 21.7 Å². The van der Waals surface area contributed by atoms with E-state index in [-0.39, 0.29) is 10.6 Å². The van der Waals surface area contributed by atoms with Crippen LogP contribution < -0.4 is 5.32 Å². The minimum atomic E-state index is -4.39. The van der Waals surface area contributed by atoms with Gasteiger partial charge in [0.25, 0.3) is 9.84 Å². The first-order valence-electron chi connectivity index (χ1n) is 6.18. The molecule has 0 saturated heterocycles. The zero-order valence-corrected chi connectivity index (χ0v) is 12.3. The summed E-state index contributed by atoms with van der Waals surface area (Å²) < 4.78 is 50.7. The molecular weight excluding hydrogens is 330 g/mol. The number of nitrogens with one attached hydrogen (secondary N) is 1. The molecule has 0 saturated carbocycles. The van der Waals surface area contributed by atoms with Gasteiger partial charge in [-0.05, 0) is 24.3 Å². The summed E-state index contributed by atoms with van der Waals surface area (Å²) in [5, 5.41) is 12.1. The van der Waals surface area contributed by atoms with E-state index in [1.807, 2.05) is 0 Å². The molecular formula is C14H10F2N2O4S. The average Bonchev–Trinajstić information content (AvgIpc) is 2.50. The fraction of sp³-hybridized carbons (Fsp3) is 0. The van der Waals surface area contributed by atoms with E-state index in [0.29, 0.717) is 12.3 Å². The van der Waals surface area contributed by atoms with E-state index < -0.39 is 31.4 Å². The van der Waals surface area contributed by atoms with E-state index >= 15 is 0 Å². The van der Waals surface area contributed by atoms with Crippen molar-refractivity contribution in [2.45, 2.75) is 4.90 Å². The van der Waals surface area contributed by atoms with Crippen LogP contribution in [0.15, 0.2) is 64.7 Å². The molecule has 0 heterocycles. The highest BCUT2D eigenvalue weighted by Crippen LogP contribution is 2.21. The van der Waals surface area contributed by atoms with Crippen molar-refractivity contribution in [1.82, 2.24) is 0 Å². The zero-order valence-electron chi connectivity index (χ0n) is 11.4. The van der Waals surface area contributed by atoms with Crippen LogP contribution >= 0.6 is 0 Å². The molecule has 0 fully saturated rings. The summed E-state index contributed by atoms with van der Waals surface area (Å²) in [5.74, 6) is -1.84. The van der Waals surface area contributed by atoms with Gasteiger partial charge in [-0.15, -0.1) is 0 Å². The van der Waals surface area contributed by atoms with Crippen LogP contribution in [0.25, 0.3) is 0 Å². The molecule has 0 bridgehead atoms. The first kappa shape index (κ1) is 16.6. The van der Waals surface area contributed by atoms with Gasteiger partial charge in [-0.2, -0.15) is 0 Å². The Kier molecular flexibility index (Phi) is 4.70. The quantitative estimate of drug-likeness (QED) is 0.668. The maximum Gasteiger partial charge on any atom is 0.379 e. The molecule has 1 N–H and O–H groups in total. The van der Waals surface area contributed by atoms with Gasteiger partial charge >= 0.3 is 5.03 Å². The second kappa shape index (κ2) is 6.53. The summed E-state index contributed by atoms with van der Waals surface area (Å²) in [6.45, 7) is 0. The molecule has 0 aliphatic rings. The fourth-order valence-electron chi connectivity index (χ4n) is 1.69. The Balaban J connectivity index is 2.41. The summed E-state index contributed by atoms with van der Waals surface area (Å²) in [4.78, 5) is 9.67. The summed E-state index contributed by atoms with van der Waals surface area (Å²) >= 11 is 0. The third kappa shape index (κ3) is 3.69. The van der Waals surface area contributed by atoms with Gasteiger partial charge in [0, 0.05) is 6.07 Å². The predicted molar refractivity (Wildman–Crippen MR) is 78.7 cm³/mol. The molecule has 2 aromatic rings. The Morgan fingerprint density at radius 3 is 2.35 bits per heavy atom. The first-order chi connectivity index (χ1) is 10.8. The van der Waals surface area contributed by atoms with Gasteiger partial charge in [-0.3, -0.25) is 10.1 Å². The highest BCUT2D eigenvalue weighted by molar-refractivity contribution is 7.95. The Labute approximate surface area is 130 Å². The minimum absolute atomic E-state index is 0.274.